The Labute approximate surface area is 128 Å². The molecule has 1 saturated heterocycles. The first kappa shape index (κ1) is 16.4. The quantitative estimate of drug-likeness (QED) is 0.880. The molecule has 1 aromatic rings. The lowest BCUT2D eigenvalue weighted by molar-refractivity contribution is -0.117. The van der Waals surface area contributed by atoms with Crippen molar-refractivity contribution < 1.29 is 4.79 Å². The summed E-state index contributed by atoms with van der Waals surface area (Å²) in [4.78, 5) is 14.0. The van der Waals surface area contributed by atoms with Crippen molar-refractivity contribution in [3.8, 4) is 0 Å². The van der Waals surface area contributed by atoms with Crippen LogP contribution in [0.1, 0.15) is 12.8 Å². The number of para-hydroxylation sites is 1. The Hall–Kier alpha value is -0.620. The van der Waals surface area contributed by atoms with Gasteiger partial charge < -0.3 is 11.1 Å². The molecule has 0 aliphatic carbocycles. The van der Waals surface area contributed by atoms with E-state index < -0.39 is 0 Å². The van der Waals surface area contributed by atoms with Gasteiger partial charge in [0.1, 0.15) is 0 Å². The number of nitrogens with two attached hydrogens (primary N) is 1. The van der Waals surface area contributed by atoms with Crippen molar-refractivity contribution in [2.24, 2.45) is 5.73 Å². The predicted molar refractivity (Wildman–Crippen MR) is 83.7 cm³/mol. The highest BCUT2D eigenvalue weighted by Crippen LogP contribution is 2.21. The minimum Gasteiger partial charge on any atom is -0.327 e. The number of likely N-dealkylation sites (tertiary alicyclic amines) is 1. The van der Waals surface area contributed by atoms with Crippen LogP contribution in [-0.2, 0) is 4.79 Å². The summed E-state index contributed by atoms with van der Waals surface area (Å²) in [5.41, 5.74) is 6.71. The summed E-state index contributed by atoms with van der Waals surface area (Å²) in [7, 11) is 0. The van der Waals surface area contributed by atoms with Gasteiger partial charge in [-0.25, -0.2) is 0 Å². The van der Waals surface area contributed by atoms with Crippen LogP contribution in [0.2, 0.25) is 0 Å². The molecule has 1 aromatic carbocycles. The second-order valence-corrected chi connectivity index (χ2v) is 5.52. The molecule has 106 valence electrons. The van der Waals surface area contributed by atoms with Gasteiger partial charge in [0.2, 0.25) is 5.91 Å². The van der Waals surface area contributed by atoms with E-state index >= 15 is 0 Å². The van der Waals surface area contributed by atoms with Crippen LogP contribution in [0.4, 0.5) is 5.69 Å². The fourth-order valence-corrected chi connectivity index (χ4v) is 2.57. The smallest absolute Gasteiger partial charge is 0.238 e. The molecular formula is C13H19BrClN3O. The SMILES string of the molecule is Cl.N[C@@H]1CCCN(CC(=O)Nc2ccccc2Br)C1. The van der Waals surface area contributed by atoms with Crippen LogP contribution in [0.15, 0.2) is 28.7 Å². The third-order valence-electron chi connectivity index (χ3n) is 3.06. The fraction of sp³-hybridized carbons (Fsp3) is 0.462. The van der Waals surface area contributed by atoms with E-state index in [1.54, 1.807) is 0 Å². The van der Waals surface area contributed by atoms with Gasteiger partial charge in [0.05, 0.1) is 12.2 Å². The molecule has 1 atom stereocenters. The molecule has 1 amide bonds. The van der Waals surface area contributed by atoms with Gasteiger partial charge >= 0.3 is 0 Å². The van der Waals surface area contributed by atoms with Crippen molar-refractivity contribution in [3.63, 3.8) is 0 Å². The maximum absolute atomic E-state index is 11.9. The summed E-state index contributed by atoms with van der Waals surface area (Å²) in [6.07, 6.45) is 2.13. The van der Waals surface area contributed by atoms with E-state index in [0.29, 0.717) is 6.54 Å². The third-order valence-corrected chi connectivity index (χ3v) is 3.75. The number of hydrogen-bond donors (Lipinski definition) is 2. The van der Waals surface area contributed by atoms with Gasteiger partial charge in [-0.1, -0.05) is 12.1 Å². The number of carbonyl (C=O) groups excluding carboxylic acids is 1. The lowest BCUT2D eigenvalue weighted by Crippen LogP contribution is -2.45. The molecular weight excluding hydrogens is 330 g/mol. The van der Waals surface area contributed by atoms with Crippen LogP contribution in [0.5, 0.6) is 0 Å². The average molecular weight is 349 g/mol. The van der Waals surface area contributed by atoms with Crippen LogP contribution < -0.4 is 11.1 Å². The monoisotopic (exact) mass is 347 g/mol. The number of halogens is 2. The molecule has 4 nitrogen and oxygen atoms in total. The molecule has 0 unspecified atom stereocenters. The number of piperidine rings is 1. The number of hydrogen-bond acceptors (Lipinski definition) is 3. The fourth-order valence-electron chi connectivity index (χ4n) is 2.19. The Morgan fingerprint density at radius 3 is 2.89 bits per heavy atom. The Morgan fingerprint density at radius 2 is 2.21 bits per heavy atom. The summed E-state index contributed by atoms with van der Waals surface area (Å²) in [6.45, 7) is 2.18. The molecule has 1 heterocycles. The minimum absolute atomic E-state index is 0. The highest BCUT2D eigenvalue weighted by Gasteiger charge is 2.18. The molecule has 0 saturated carbocycles. The van der Waals surface area contributed by atoms with Crippen LogP contribution in [0.25, 0.3) is 0 Å². The normalized spacial score (nSPS) is 19.6. The summed E-state index contributed by atoms with van der Waals surface area (Å²) in [5, 5.41) is 2.90. The predicted octanol–water partition coefficient (Wildman–Crippen LogP) is 2.23. The number of rotatable bonds is 3. The number of amides is 1. The largest absolute Gasteiger partial charge is 0.327 e. The molecule has 0 radical (unpaired) electrons. The van der Waals surface area contributed by atoms with Gasteiger partial charge in [0.15, 0.2) is 0 Å². The third kappa shape index (κ3) is 5.10. The zero-order valence-corrected chi connectivity index (χ0v) is 13.0. The van der Waals surface area contributed by atoms with E-state index in [2.05, 4.69) is 26.1 Å². The number of nitrogens with zero attached hydrogens (tertiary/aromatic N) is 1. The van der Waals surface area contributed by atoms with E-state index in [4.69, 9.17) is 5.73 Å². The summed E-state index contributed by atoms with van der Waals surface area (Å²) < 4.78 is 0.897. The summed E-state index contributed by atoms with van der Waals surface area (Å²) in [5.74, 6) is 0.0102. The average Bonchev–Trinajstić information content (AvgIpc) is 2.32. The lowest BCUT2D eigenvalue weighted by atomic mass is 10.1. The van der Waals surface area contributed by atoms with Crippen molar-refractivity contribution in [2.45, 2.75) is 18.9 Å². The molecule has 1 fully saturated rings. The molecule has 1 aliphatic heterocycles. The molecule has 3 N–H and O–H groups in total. The number of nitrogens with one attached hydrogen (secondary N) is 1. The van der Waals surface area contributed by atoms with Crippen LogP contribution in [-0.4, -0.2) is 36.5 Å². The van der Waals surface area contributed by atoms with Gasteiger partial charge in [-0.2, -0.15) is 0 Å². The molecule has 0 aromatic heterocycles. The molecule has 19 heavy (non-hydrogen) atoms. The van der Waals surface area contributed by atoms with Gasteiger partial charge in [0.25, 0.3) is 0 Å². The first-order valence-corrected chi connectivity index (χ1v) is 6.97. The molecule has 2 rings (SSSR count). The standard InChI is InChI=1S/C13H18BrN3O.ClH/c14-11-5-1-2-6-12(11)16-13(18)9-17-7-3-4-10(15)8-17;/h1-2,5-6,10H,3-4,7-9,15H2,(H,16,18);1H/t10-;/m1./s1. The number of anilines is 1. The van der Waals surface area contributed by atoms with Crippen LogP contribution >= 0.6 is 28.3 Å². The zero-order valence-electron chi connectivity index (χ0n) is 10.6. The first-order chi connectivity index (χ1) is 8.65. The maximum Gasteiger partial charge on any atom is 0.238 e. The van der Waals surface area contributed by atoms with Gasteiger partial charge in [-0.15, -0.1) is 12.4 Å². The molecule has 1 aliphatic rings. The van der Waals surface area contributed by atoms with Crippen molar-refractivity contribution in [1.29, 1.82) is 0 Å². The maximum atomic E-state index is 11.9. The Balaban J connectivity index is 0.00000180. The van der Waals surface area contributed by atoms with E-state index in [0.717, 1.165) is 36.1 Å². The van der Waals surface area contributed by atoms with Crippen molar-refractivity contribution >= 4 is 39.9 Å². The highest BCUT2D eigenvalue weighted by molar-refractivity contribution is 9.10. The van der Waals surface area contributed by atoms with Crippen molar-refractivity contribution in [2.75, 3.05) is 25.0 Å². The van der Waals surface area contributed by atoms with Crippen LogP contribution in [0.3, 0.4) is 0 Å². The number of benzene rings is 1. The minimum atomic E-state index is 0. The summed E-state index contributed by atoms with van der Waals surface area (Å²) in [6, 6.07) is 7.81. The van der Waals surface area contributed by atoms with Gasteiger partial charge in [-0.3, -0.25) is 9.69 Å². The molecule has 6 heteroatoms. The Morgan fingerprint density at radius 1 is 1.47 bits per heavy atom. The molecule has 0 spiro atoms. The van der Waals surface area contributed by atoms with E-state index in [-0.39, 0.29) is 24.4 Å². The lowest BCUT2D eigenvalue weighted by Gasteiger charge is -2.29. The van der Waals surface area contributed by atoms with E-state index in [1.165, 1.54) is 0 Å². The zero-order chi connectivity index (χ0) is 13.0. The van der Waals surface area contributed by atoms with Crippen molar-refractivity contribution in [3.05, 3.63) is 28.7 Å². The van der Waals surface area contributed by atoms with Gasteiger partial charge in [-0.05, 0) is 47.4 Å². The highest BCUT2D eigenvalue weighted by atomic mass is 79.9. The second kappa shape index (κ2) is 7.85. The van der Waals surface area contributed by atoms with Gasteiger partial charge in [0, 0.05) is 17.1 Å². The van der Waals surface area contributed by atoms with Crippen LogP contribution in [0, 0.1) is 0 Å². The summed E-state index contributed by atoms with van der Waals surface area (Å²) >= 11 is 3.41. The first-order valence-electron chi connectivity index (χ1n) is 6.17. The van der Waals surface area contributed by atoms with E-state index in [1.807, 2.05) is 24.3 Å². The topological polar surface area (TPSA) is 58.4 Å². The number of carbonyl (C=O) groups is 1. The second-order valence-electron chi connectivity index (χ2n) is 4.67. The Bertz CT molecular complexity index is 430. The Kier molecular flexibility index (Phi) is 6.79. The van der Waals surface area contributed by atoms with Crippen molar-refractivity contribution in [1.82, 2.24) is 4.90 Å². The van der Waals surface area contributed by atoms with E-state index in [9.17, 15) is 4.79 Å². The molecule has 0 bridgehead atoms.